The first-order valence-corrected chi connectivity index (χ1v) is 7.87. The Balaban J connectivity index is 2.23. The van der Waals surface area contributed by atoms with Crippen molar-refractivity contribution in [2.24, 2.45) is 17.2 Å². The fourth-order valence-corrected chi connectivity index (χ4v) is 3.97. The van der Waals surface area contributed by atoms with E-state index in [0.29, 0.717) is 17.9 Å². The van der Waals surface area contributed by atoms with Crippen molar-refractivity contribution in [3.05, 3.63) is 35.4 Å². The molecule has 1 aliphatic carbocycles. The minimum absolute atomic E-state index is 0.0151. The molecule has 118 valence electrons. The van der Waals surface area contributed by atoms with E-state index in [-0.39, 0.29) is 11.5 Å². The van der Waals surface area contributed by atoms with Crippen LogP contribution in [0, 0.1) is 23.0 Å². The van der Waals surface area contributed by atoms with Gasteiger partial charge in [-0.3, -0.25) is 11.3 Å². The number of hydrogen-bond donors (Lipinski definition) is 2. The Labute approximate surface area is 126 Å². The summed E-state index contributed by atoms with van der Waals surface area (Å²) in [5.41, 5.74) is 3.41. The lowest BCUT2D eigenvalue weighted by Gasteiger charge is -2.39. The molecule has 1 aromatic rings. The number of benzene rings is 1. The second-order valence-electron chi connectivity index (χ2n) is 6.80. The second kappa shape index (κ2) is 6.84. The lowest BCUT2D eigenvalue weighted by Crippen LogP contribution is -2.49. The second-order valence-corrected chi connectivity index (χ2v) is 6.80. The summed E-state index contributed by atoms with van der Waals surface area (Å²) in [4.78, 5) is 0. The van der Waals surface area contributed by atoms with Crippen molar-refractivity contribution in [3.8, 4) is 0 Å². The van der Waals surface area contributed by atoms with Crippen LogP contribution in [0.1, 0.15) is 51.5 Å². The van der Waals surface area contributed by atoms with Crippen molar-refractivity contribution in [2.75, 3.05) is 0 Å². The molecule has 0 amide bonds. The van der Waals surface area contributed by atoms with Crippen LogP contribution in [0.2, 0.25) is 0 Å². The molecule has 0 saturated heterocycles. The molecule has 1 saturated carbocycles. The van der Waals surface area contributed by atoms with Crippen molar-refractivity contribution >= 4 is 0 Å². The van der Waals surface area contributed by atoms with E-state index >= 15 is 0 Å². The van der Waals surface area contributed by atoms with E-state index in [2.05, 4.69) is 19.3 Å². The van der Waals surface area contributed by atoms with Crippen LogP contribution >= 0.6 is 0 Å². The quantitative estimate of drug-likeness (QED) is 0.616. The van der Waals surface area contributed by atoms with Crippen LogP contribution in [-0.2, 0) is 6.42 Å². The van der Waals surface area contributed by atoms with E-state index in [4.69, 9.17) is 5.84 Å². The van der Waals surface area contributed by atoms with Crippen molar-refractivity contribution in [3.63, 3.8) is 0 Å². The molecule has 3 N–H and O–H groups in total. The van der Waals surface area contributed by atoms with Gasteiger partial charge in [-0.15, -0.1) is 0 Å². The highest BCUT2D eigenvalue weighted by Gasteiger charge is 2.41. The van der Waals surface area contributed by atoms with Gasteiger partial charge in [0, 0.05) is 6.04 Å². The van der Waals surface area contributed by atoms with Gasteiger partial charge in [0.1, 0.15) is 0 Å². The van der Waals surface area contributed by atoms with Crippen molar-refractivity contribution in [1.29, 1.82) is 0 Å². The largest absolute Gasteiger partial charge is 0.271 e. The molecular weight excluding hydrogens is 270 g/mol. The molecule has 0 spiro atoms. The smallest absolute Gasteiger partial charge is 0.162 e. The van der Waals surface area contributed by atoms with Crippen LogP contribution in [-0.4, -0.2) is 6.04 Å². The summed E-state index contributed by atoms with van der Waals surface area (Å²) in [5, 5.41) is 0. The molecule has 0 heterocycles. The number of hydrogen-bond acceptors (Lipinski definition) is 2. The summed E-state index contributed by atoms with van der Waals surface area (Å²) in [6, 6.07) is 4.35. The Morgan fingerprint density at radius 3 is 2.48 bits per heavy atom. The third kappa shape index (κ3) is 3.61. The summed E-state index contributed by atoms with van der Waals surface area (Å²) in [6.45, 7) is 4.41. The molecule has 1 aliphatic rings. The van der Waals surface area contributed by atoms with Crippen LogP contribution < -0.4 is 11.3 Å². The summed E-state index contributed by atoms with van der Waals surface area (Å²) >= 11 is 0. The van der Waals surface area contributed by atoms with Gasteiger partial charge >= 0.3 is 0 Å². The Morgan fingerprint density at radius 1 is 1.24 bits per heavy atom. The van der Waals surface area contributed by atoms with E-state index in [1.54, 1.807) is 12.1 Å². The third-order valence-corrected chi connectivity index (χ3v) is 4.81. The Kier molecular flexibility index (Phi) is 5.33. The molecule has 0 radical (unpaired) electrons. The summed E-state index contributed by atoms with van der Waals surface area (Å²) in [5.74, 6) is 4.82. The molecule has 0 aromatic heterocycles. The maximum Gasteiger partial charge on any atom is 0.162 e. The van der Waals surface area contributed by atoms with Crippen molar-refractivity contribution in [2.45, 2.75) is 58.4 Å². The Morgan fingerprint density at radius 2 is 1.90 bits per heavy atom. The van der Waals surface area contributed by atoms with E-state index in [0.717, 1.165) is 25.3 Å². The SMILES string of the molecule is CC(C)CC1(C(Cc2cccc(F)c2F)NN)CCCC1. The van der Waals surface area contributed by atoms with E-state index < -0.39 is 11.6 Å². The van der Waals surface area contributed by atoms with Crippen LogP contribution in [0.3, 0.4) is 0 Å². The van der Waals surface area contributed by atoms with E-state index in [1.165, 1.54) is 12.8 Å². The molecule has 1 unspecified atom stereocenters. The third-order valence-electron chi connectivity index (χ3n) is 4.81. The lowest BCUT2D eigenvalue weighted by atomic mass is 9.71. The normalized spacial score (nSPS) is 19.1. The zero-order valence-electron chi connectivity index (χ0n) is 13.0. The molecule has 4 heteroatoms. The molecule has 1 aromatic carbocycles. The minimum atomic E-state index is -0.785. The molecule has 2 rings (SSSR count). The zero-order valence-corrected chi connectivity index (χ0v) is 13.0. The summed E-state index contributed by atoms with van der Waals surface area (Å²) in [7, 11) is 0. The monoisotopic (exact) mass is 296 g/mol. The van der Waals surface area contributed by atoms with Gasteiger partial charge in [-0.1, -0.05) is 38.8 Å². The average Bonchev–Trinajstić information content (AvgIpc) is 2.89. The number of hydrazine groups is 1. The first kappa shape index (κ1) is 16.4. The molecule has 1 fully saturated rings. The van der Waals surface area contributed by atoms with Gasteiger partial charge < -0.3 is 0 Å². The van der Waals surface area contributed by atoms with Crippen LogP contribution in [0.5, 0.6) is 0 Å². The molecule has 1 atom stereocenters. The Bertz CT molecular complexity index is 468. The van der Waals surface area contributed by atoms with Gasteiger partial charge in [0.25, 0.3) is 0 Å². The standard InChI is InChI=1S/C17H26F2N2/c1-12(2)11-17(8-3-4-9-17)15(21-20)10-13-6-5-7-14(18)16(13)19/h5-7,12,15,21H,3-4,8-11,20H2,1-2H3. The van der Waals surface area contributed by atoms with Crippen LogP contribution in [0.25, 0.3) is 0 Å². The number of halogens is 2. The molecule has 21 heavy (non-hydrogen) atoms. The highest BCUT2D eigenvalue weighted by atomic mass is 19.2. The van der Waals surface area contributed by atoms with Gasteiger partial charge in [-0.05, 0) is 48.6 Å². The van der Waals surface area contributed by atoms with Gasteiger partial charge in [0.15, 0.2) is 11.6 Å². The first-order chi connectivity index (χ1) is 9.98. The number of rotatable bonds is 6. The fraction of sp³-hybridized carbons (Fsp3) is 0.647. The molecule has 0 bridgehead atoms. The topological polar surface area (TPSA) is 38.0 Å². The summed E-state index contributed by atoms with van der Waals surface area (Å²) in [6.07, 6.45) is 6.10. The number of nitrogens with one attached hydrogen (secondary N) is 1. The highest BCUT2D eigenvalue weighted by molar-refractivity contribution is 5.21. The summed E-state index contributed by atoms with van der Waals surface area (Å²) < 4.78 is 27.3. The maximum atomic E-state index is 13.9. The van der Waals surface area contributed by atoms with Gasteiger partial charge in [-0.25, -0.2) is 8.78 Å². The van der Waals surface area contributed by atoms with Gasteiger partial charge in [-0.2, -0.15) is 0 Å². The van der Waals surface area contributed by atoms with E-state index in [9.17, 15) is 8.78 Å². The number of nitrogens with two attached hydrogens (primary N) is 1. The van der Waals surface area contributed by atoms with Gasteiger partial charge in [0.2, 0.25) is 0 Å². The first-order valence-electron chi connectivity index (χ1n) is 7.87. The molecule has 0 aliphatic heterocycles. The van der Waals surface area contributed by atoms with Gasteiger partial charge in [0.05, 0.1) is 0 Å². The lowest BCUT2D eigenvalue weighted by molar-refractivity contribution is 0.153. The Hall–Kier alpha value is -1.00. The minimum Gasteiger partial charge on any atom is -0.271 e. The zero-order chi connectivity index (χ0) is 15.5. The fourth-order valence-electron chi connectivity index (χ4n) is 3.97. The van der Waals surface area contributed by atoms with Crippen molar-refractivity contribution in [1.82, 2.24) is 5.43 Å². The predicted molar refractivity (Wildman–Crippen MR) is 81.5 cm³/mol. The predicted octanol–water partition coefficient (Wildman–Crippen LogP) is 3.95. The van der Waals surface area contributed by atoms with E-state index in [1.807, 2.05) is 0 Å². The molecule has 2 nitrogen and oxygen atoms in total. The van der Waals surface area contributed by atoms with Crippen molar-refractivity contribution < 1.29 is 8.78 Å². The van der Waals surface area contributed by atoms with Crippen LogP contribution in [0.4, 0.5) is 8.78 Å². The van der Waals surface area contributed by atoms with Crippen LogP contribution in [0.15, 0.2) is 18.2 Å². The molecular formula is C17H26F2N2. The maximum absolute atomic E-state index is 13.9. The highest BCUT2D eigenvalue weighted by Crippen LogP contribution is 2.46. The average molecular weight is 296 g/mol.